The minimum absolute atomic E-state index is 0.218. The number of hydrogen-bond donors (Lipinski definition) is 1. The first-order valence-corrected chi connectivity index (χ1v) is 5.01. The van der Waals surface area contributed by atoms with Crippen LogP contribution >= 0.6 is 0 Å². The third kappa shape index (κ3) is 3.07. The Bertz CT molecular complexity index is 269. The summed E-state index contributed by atoms with van der Waals surface area (Å²) < 4.78 is 12.6. The maximum atomic E-state index is 12.6. The van der Waals surface area contributed by atoms with Gasteiger partial charge in [0.25, 0.3) is 0 Å². The lowest BCUT2D eigenvalue weighted by molar-refractivity contribution is 0.456. The van der Waals surface area contributed by atoms with E-state index >= 15 is 0 Å². The molecule has 1 aromatic heterocycles. The Morgan fingerprint density at radius 2 is 2.14 bits per heavy atom. The molecule has 3 heteroatoms. The number of rotatable bonds is 4. The quantitative estimate of drug-likeness (QED) is 0.800. The van der Waals surface area contributed by atoms with Crippen LogP contribution in [0.5, 0.6) is 0 Å². The fourth-order valence-corrected chi connectivity index (χ4v) is 1.41. The molecule has 78 valence electrons. The van der Waals surface area contributed by atoms with Crippen molar-refractivity contribution in [2.45, 2.75) is 39.3 Å². The van der Waals surface area contributed by atoms with Crippen molar-refractivity contribution in [2.24, 2.45) is 0 Å². The smallest absolute Gasteiger partial charge is 0.141 e. The monoisotopic (exact) mass is 196 g/mol. The first-order chi connectivity index (χ1) is 6.63. The summed E-state index contributed by atoms with van der Waals surface area (Å²) in [5, 5.41) is 3.38. The van der Waals surface area contributed by atoms with Gasteiger partial charge in [-0.25, -0.2) is 4.39 Å². The van der Waals surface area contributed by atoms with Crippen LogP contribution < -0.4 is 5.32 Å². The minimum Gasteiger partial charge on any atom is -0.306 e. The van der Waals surface area contributed by atoms with E-state index in [2.05, 4.69) is 31.1 Å². The van der Waals surface area contributed by atoms with Gasteiger partial charge in [-0.15, -0.1) is 0 Å². The van der Waals surface area contributed by atoms with Crippen LogP contribution in [0.3, 0.4) is 0 Å². The maximum absolute atomic E-state index is 12.6. The second-order valence-electron chi connectivity index (χ2n) is 3.68. The highest BCUT2D eigenvalue weighted by atomic mass is 19.1. The van der Waals surface area contributed by atoms with Crippen molar-refractivity contribution in [2.75, 3.05) is 0 Å². The van der Waals surface area contributed by atoms with Gasteiger partial charge in [-0.1, -0.05) is 20.8 Å². The Balaban J connectivity index is 2.73. The first-order valence-electron chi connectivity index (χ1n) is 5.01. The Hall–Kier alpha value is -0.960. The van der Waals surface area contributed by atoms with Gasteiger partial charge in [-0.2, -0.15) is 0 Å². The third-order valence-electron chi connectivity index (χ3n) is 2.05. The molecule has 0 saturated carbocycles. The molecule has 1 aromatic rings. The van der Waals surface area contributed by atoms with Gasteiger partial charge < -0.3 is 5.32 Å². The number of halogens is 1. The van der Waals surface area contributed by atoms with E-state index in [9.17, 15) is 4.39 Å². The van der Waals surface area contributed by atoms with E-state index in [4.69, 9.17) is 0 Å². The van der Waals surface area contributed by atoms with Crippen molar-refractivity contribution in [1.82, 2.24) is 10.3 Å². The Kier molecular flexibility index (Phi) is 4.01. The second kappa shape index (κ2) is 5.05. The molecule has 0 aliphatic heterocycles. The number of nitrogens with one attached hydrogen (secondary N) is 1. The van der Waals surface area contributed by atoms with Gasteiger partial charge in [-0.05, 0) is 18.6 Å². The van der Waals surface area contributed by atoms with Crippen LogP contribution in [-0.2, 0) is 0 Å². The summed E-state index contributed by atoms with van der Waals surface area (Å²) in [7, 11) is 0. The second-order valence-corrected chi connectivity index (χ2v) is 3.68. The molecule has 0 aromatic carbocycles. The number of aromatic nitrogens is 1. The third-order valence-corrected chi connectivity index (χ3v) is 2.05. The lowest BCUT2D eigenvalue weighted by Crippen LogP contribution is -2.28. The van der Waals surface area contributed by atoms with Crippen LogP contribution in [0.4, 0.5) is 4.39 Å². The predicted octanol–water partition coefficient (Wildman–Crippen LogP) is 2.67. The molecular weight excluding hydrogens is 179 g/mol. The van der Waals surface area contributed by atoms with Crippen molar-refractivity contribution in [1.29, 1.82) is 0 Å². The zero-order chi connectivity index (χ0) is 10.6. The molecule has 1 rings (SSSR count). The molecule has 1 atom stereocenters. The summed E-state index contributed by atoms with van der Waals surface area (Å²) >= 11 is 0. The minimum atomic E-state index is -0.284. The van der Waals surface area contributed by atoms with Crippen LogP contribution in [0.25, 0.3) is 0 Å². The van der Waals surface area contributed by atoms with Crippen molar-refractivity contribution >= 4 is 0 Å². The normalized spacial score (nSPS) is 13.2. The Labute approximate surface area is 84.6 Å². The summed E-state index contributed by atoms with van der Waals surface area (Å²) in [5.41, 5.74) is 0.905. The lowest BCUT2D eigenvalue weighted by Gasteiger charge is -2.18. The summed E-state index contributed by atoms with van der Waals surface area (Å²) in [5.74, 6) is -0.284. The summed E-state index contributed by atoms with van der Waals surface area (Å²) in [6.45, 7) is 6.27. The summed E-state index contributed by atoms with van der Waals surface area (Å²) in [6.07, 6.45) is 2.22. The maximum Gasteiger partial charge on any atom is 0.141 e. The molecule has 1 unspecified atom stereocenters. The van der Waals surface area contributed by atoms with E-state index in [0.29, 0.717) is 6.04 Å². The molecule has 0 aliphatic rings. The van der Waals surface area contributed by atoms with Gasteiger partial charge in [0.15, 0.2) is 0 Å². The number of hydrogen-bond acceptors (Lipinski definition) is 2. The van der Waals surface area contributed by atoms with E-state index in [1.165, 1.54) is 12.3 Å². The van der Waals surface area contributed by atoms with Gasteiger partial charge in [-0.3, -0.25) is 4.98 Å². The van der Waals surface area contributed by atoms with Crippen molar-refractivity contribution in [3.05, 3.63) is 29.8 Å². The average molecular weight is 196 g/mol. The van der Waals surface area contributed by atoms with Gasteiger partial charge in [0.1, 0.15) is 5.82 Å². The zero-order valence-electron chi connectivity index (χ0n) is 8.92. The summed E-state index contributed by atoms with van der Waals surface area (Å²) in [4.78, 5) is 4.06. The molecule has 1 N–H and O–H groups in total. The van der Waals surface area contributed by atoms with Gasteiger partial charge in [0, 0.05) is 12.1 Å². The largest absolute Gasteiger partial charge is 0.306 e. The van der Waals surface area contributed by atoms with Crippen molar-refractivity contribution < 1.29 is 4.39 Å². The van der Waals surface area contributed by atoms with E-state index in [1.807, 2.05) is 0 Å². The topological polar surface area (TPSA) is 24.9 Å². The fraction of sp³-hybridized carbons (Fsp3) is 0.545. The lowest BCUT2D eigenvalue weighted by atomic mass is 10.1. The standard InChI is InChI=1S/C11H17FN2/c1-4-10(14-8(2)3)11-6-5-9(12)7-13-11/h5-8,10,14H,4H2,1-3H3. The van der Waals surface area contributed by atoms with E-state index in [-0.39, 0.29) is 11.9 Å². The van der Waals surface area contributed by atoms with Crippen LogP contribution in [0, 0.1) is 5.82 Å². The molecular formula is C11H17FN2. The van der Waals surface area contributed by atoms with Gasteiger partial charge in [0.2, 0.25) is 0 Å². The van der Waals surface area contributed by atoms with Gasteiger partial charge in [0.05, 0.1) is 11.9 Å². The van der Waals surface area contributed by atoms with Crippen LogP contribution in [0.15, 0.2) is 18.3 Å². The molecule has 0 aliphatic carbocycles. The van der Waals surface area contributed by atoms with Gasteiger partial charge >= 0.3 is 0 Å². The van der Waals surface area contributed by atoms with E-state index < -0.39 is 0 Å². The molecule has 2 nitrogen and oxygen atoms in total. The molecule has 0 bridgehead atoms. The van der Waals surface area contributed by atoms with Crippen molar-refractivity contribution in [3.8, 4) is 0 Å². The highest BCUT2D eigenvalue weighted by molar-refractivity contribution is 5.09. The molecule has 0 fully saturated rings. The highest BCUT2D eigenvalue weighted by Crippen LogP contribution is 2.14. The first kappa shape index (κ1) is 11.1. The predicted molar refractivity (Wildman–Crippen MR) is 55.5 cm³/mol. The van der Waals surface area contributed by atoms with Crippen LogP contribution in [-0.4, -0.2) is 11.0 Å². The van der Waals surface area contributed by atoms with Crippen molar-refractivity contribution in [3.63, 3.8) is 0 Å². The number of nitrogens with zero attached hydrogens (tertiary/aromatic N) is 1. The average Bonchev–Trinajstić information content (AvgIpc) is 2.15. The highest BCUT2D eigenvalue weighted by Gasteiger charge is 2.10. The van der Waals surface area contributed by atoms with Crippen LogP contribution in [0.2, 0.25) is 0 Å². The Morgan fingerprint density at radius 1 is 1.43 bits per heavy atom. The molecule has 0 spiro atoms. The zero-order valence-corrected chi connectivity index (χ0v) is 8.92. The Morgan fingerprint density at radius 3 is 2.57 bits per heavy atom. The molecule has 0 amide bonds. The van der Waals surface area contributed by atoms with E-state index in [1.54, 1.807) is 6.07 Å². The van der Waals surface area contributed by atoms with E-state index in [0.717, 1.165) is 12.1 Å². The molecule has 0 radical (unpaired) electrons. The molecule has 1 heterocycles. The van der Waals surface area contributed by atoms with Crippen LogP contribution in [0.1, 0.15) is 38.9 Å². The molecule has 0 saturated heterocycles. The SMILES string of the molecule is CCC(NC(C)C)c1ccc(F)cn1. The summed E-state index contributed by atoms with van der Waals surface area (Å²) in [6, 6.07) is 3.81. The fourth-order valence-electron chi connectivity index (χ4n) is 1.41. The molecule has 14 heavy (non-hydrogen) atoms. The number of pyridine rings is 1.